The second-order valence-corrected chi connectivity index (χ2v) is 7.89. The van der Waals surface area contributed by atoms with Gasteiger partial charge in [0.1, 0.15) is 6.04 Å². The van der Waals surface area contributed by atoms with Crippen LogP contribution in [-0.4, -0.2) is 34.8 Å². The first-order valence-corrected chi connectivity index (χ1v) is 10.2. The van der Waals surface area contributed by atoms with E-state index in [0.29, 0.717) is 12.5 Å². The third kappa shape index (κ3) is 3.93. The van der Waals surface area contributed by atoms with E-state index in [1.165, 1.54) is 43.4 Å². The van der Waals surface area contributed by atoms with Crippen LogP contribution in [0.25, 0.3) is 11.3 Å². The van der Waals surface area contributed by atoms with Crippen molar-refractivity contribution in [1.82, 2.24) is 15.2 Å². The highest BCUT2D eigenvalue weighted by Crippen LogP contribution is 2.32. The van der Waals surface area contributed by atoms with Crippen LogP contribution in [0.15, 0.2) is 42.6 Å². The summed E-state index contributed by atoms with van der Waals surface area (Å²) in [5, 5.41) is 2.75. The Morgan fingerprint density at radius 1 is 1.21 bits per heavy atom. The molecule has 0 bridgehead atoms. The molecule has 5 nitrogen and oxygen atoms in total. The Balaban J connectivity index is 0.000000268. The van der Waals surface area contributed by atoms with E-state index in [2.05, 4.69) is 16.4 Å². The van der Waals surface area contributed by atoms with E-state index in [1.54, 1.807) is 11.9 Å². The molecule has 1 aromatic carbocycles. The van der Waals surface area contributed by atoms with E-state index in [-0.39, 0.29) is 17.9 Å². The topological polar surface area (TPSA) is 62.3 Å². The van der Waals surface area contributed by atoms with Crippen molar-refractivity contribution in [3.05, 3.63) is 53.7 Å². The van der Waals surface area contributed by atoms with E-state index in [0.717, 1.165) is 17.5 Å². The van der Waals surface area contributed by atoms with Gasteiger partial charge in [-0.15, -0.1) is 0 Å². The highest BCUT2D eigenvalue weighted by Gasteiger charge is 2.37. The molecule has 0 saturated heterocycles. The van der Waals surface area contributed by atoms with Gasteiger partial charge in [-0.1, -0.05) is 50.3 Å². The number of rotatable bonds is 4. The Morgan fingerprint density at radius 2 is 2.00 bits per heavy atom. The van der Waals surface area contributed by atoms with Gasteiger partial charge in [-0.05, 0) is 36.1 Å². The third-order valence-corrected chi connectivity index (χ3v) is 6.03. The lowest BCUT2D eigenvalue weighted by atomic mass is 9.84. The molecule has 2 amide bonds. The fourth-order valence-electron chi connectivity index (χ4n) is 4.36. The highest BCUT2D eigenvalue weighted by atomic mass is 16.2. The average Bonchev–Trinajstić information content (AvgIpc) is 3.19. The standard InChI is InChI=1S/C18H24N2O2.C5H3N/c1-19-17(21)16(11-13-7-3-2-4-8-13)20-12-14-9-5-6-10-15(14)18(20)22;1-2-6-5-3-4(1)5/h5-6,9-10,13,16H,2-4,7-8,11-12H2,1H3,(H,19,21);1-3H. The minimum Gasteiger partial charge on any atom is -0.357 e. The molecule has 146 valence electrons. The number of carbonyl (C=O) groups excluding carboxylic acids is 2. The van der Waals surface area contributed by atoms with Gasteiger partial charge < -0.3 is 10.2 Å². The van der Waals surface area contributed by atoms with Crippen LogP contribution in [0, 0.1) is 5.92 Å². The molecule has 2 aliphatic heterocycles. The first-order chi connectivity index (χ1) is 13.7. The van der Waals surface area contributed by atoms with Crippen LogP contribution in [0.3, 0.4) is 0 Å². The van der Waals surface area contributed by atoms with Gasteiger partial charge in [0.05, 0.1) is 5.69 Å². The molecule has 0 radical (unpaired) electrons. The molecule has 2 heterocycles. The van der Waals surface area contributed by atoms with Gasteiger partial charge >= 0.3 is 0 Å². The first-order valence-electron chi connectivity index (χ1n) is 10.2. The summed E-state index contributed by atoms with van der Waals surface area (Å²) < 4.78 is 0. The molecule has 0 aromatic heterocycles. The maximum absolute atomic E-state index is 12.6. The number of nitrogens with zero attached hydrogens (tertiary/aromatic N) is 2. The number of hydrogen-bond donors (Lipinski definition) is 1. The van der Waals surface area contributed by atoms with Crippen LogP contribution in [0.4, 0.5) is 0 Å². The largest absolute Gasteiger partial charge is 0.357 e. The molecule has 1 N–H and O–H groups in total. The molecular formula is C23H27N3O2. The molecule has 28 heavy (non-hydrogen) atoms. The van der Waals surface area contributed by atoms with Crippen molar-refractivity contribution < 1.29 is 9.59 Å². The molecule has 1 atom stereocenters. The van der Waals surface area contributed by atoms with Crippen LogP contribution in [0.2, 0.25) is 0 Å². The summed E-state index contributed by atoms with van der Waals surface area (Å²) in [5.74, 6) is 0.527. The molecule has 1 aromatic rings. The van der Waals surface area contributed by atoms with Crippen LogP contribution < -0.4 is 5.32 Å². The first kappa shape index (κ1) is 18.7. The van der Waals surface area contributed by atoms with Crippen molar-refractivity contribution in [2.24, 2.45) is 5.92 Å². The summed E-state index contributed by atoms with van der Waals surface area (Å²) >= 11 is 0. The maximum atomic E-state index is 12.6. The molecule has 1 fully saturated rings. The number of likely N-dealkylation sites (N-methyl/N-ethyl adjacent to an activating group) is 1. The summed E-state index contributed by atoms with van der Waals surface area (Å²) in [5.41, 5.74) is 4.27. The van der Waals surface area contributed by atoms with Crippen molar-refractivity contribution in [2.45, 2.75) is 51.1 Å². The monoisotopic (exact) mass is 377 g/mol. The average molecular weight is 377 g/mol. The lowest BCUT2D eigenvalue weighted by molar-refractivity contribution is -0.126. The molecule has 5 rings (SSSR count). The molecule has 0 spiro atoms. The number of benzene rings is 1. The Bertz CT molecular complexity index is 856. The number of fused-ring (bicyclic) bond motifs is 2. The van der Waals surface area contributed by atoms with Crippen molar-refractivity contribution in [1.29, 1.82) is 0 Å². The zero-order valence-corrected chi connectivity index (χ0v) is 16.4. The minimum atomic E-state index is -0.340. The molecule has 1 unspecified atom stereocenters. The van der Waals surface area contributed by atoms with Crippen LogP contribution in [0.1, 0.15) is 54.4 Å². The third-order valence-electron chi connectivity index (χ3n) is 6.03. The van der Waals surface area contributed by atoms with Crippen LogP contribution in [0.5, 0.6) is 0 Å². The summed E-state index contributed by atoms with van der Waals surface area (Å²) in [6, 6.07) is 11.4. The van der Waals surface area contributed by atoms with Gasteiger partial charge in [0.2, 0.25) is 5.91 Å². The SMILES string of the molecule is CNC(=O)C(CC1CCCCC1)N1Cc2ccccc2C1=O.c1cc2cc-2n1. The summed E-state index contributed by atoms with van der Waals surface area (Å²) in [4.78, 5) is 30.7. The Morgan fingerprint density at radius 3 is 2.57 bits per heavy atom. The van der Waals surface area contributed by atoms with Gasteiger partial charge in [0.15, 0.2) is 0 Å². The molecule has 4 aliphatic rings. The summed E-state index contributed by atoms with van der Waals surface area (Å²) in [6.07, 6.45) is 8.78. The molecular weight excluding hydrogens is 350 g/mol. The van der Waals surface area contributed by atoms with Crippen LogP contribution in [-0.2, 0) is 11.3 Å². The van der Waals surface area contributed by atoms with Crippen molar-refractivity contribution in [3.63, 3.8) is 0 Å². The van der Waals surface area contributed by atoms with E-state index in [1.807, 2.05) is 36.5 Å². The second kappa shape index (κ2) is 8.13. The van der Waals surface area contributed by atoms with E-state index >= 15 is 0 Å². The Hall–Kier alpha value is -2.69. The van der Waals surface area contributed by atoms with Gasteiger partial charge in [-0.3, -0.25) is 14.6 Å². The minimum absolute atomic E-state index is 0.00000874. The predicted molar refractivity (Wildman–Crippen MR) is 109 cm³/mol. The van der Waals surface area contributed by atoms with Gasteiger partial charge in [0, 0.05) is 30.9 Å². The Kier molecular flexibility index (Phi) is 5.42. The zero-order valence-electron chi connectivity index (χ0n) is 16.4. The van der Waals surface area contributed by atoms with Gasteiger partial charge in [0.25, 0.3) is 5.91 Å². The molecule has 2 aliphatic carbocycles. The van der Waals surface area contributed by atoms with E-state index < -0.39 is 0 Å². The predicted octanol–water partition coefficient (Wildman–Crippen LogP) is 3.79. The summed E-state index contributed by atoms with van der Waals surface area (Å²) in [6.45, 7) is 0.555. The zero-order chi connectivity index (χ0) is 19.5. The normalized spacial score (nSPS) is 18.0. The number of aromatic nitrogens is 1. The van der Waals surface area contributed by atoms with Crippen LogP contribution >= 0.6 is 0 Å². The Labute approximate surface area is 166 Å². The number of amides is 2. The molecule has 5 heteroatoms. The van der Waals surface area contributed by atoms with Crippen molar-refractivity contribution >= 4 is 11.8 Å². The van der Waals surface area contributed by atoms with E-state index in [4.69, 9.17) is 0 Å². The number of nitrogens with one attached hydrogen (secondary N) is 1. The number of hydrogen-bond acceptors (Lipinski definition) is 3. The fourth-order valence-corrected chi connectivity index (χ4v) is 4.36. The van der Waals surface area contributed by atoms with E-state index in [9.17, 15) is 9.59 Å². The van der Waals surface area contributed by atoms with Gasteiger partial charge in [-0.2, -0.15) is 0 Å². The lowest BCUT2D eigenvalue weighted by Crippen LogP contribution is -2.47. The quantitative estimate of drug-likeness (QED) is 0.752. The van der Waals surface area contributed by atoms with Crippen molar-refractivity contribution in [3.8, 4) is 11.3 Å². The second-order valence-electron chi connectivity index (χ2n) is 7.89. The molecule has 1 saturated carbocycles. The maximum Gasteiger partial charge on any atom is 0.255 e. The van der Waals surface area contributed by atoms with Gasteiger partial charge in [-0.25, -0.2) is 0 Å². The summed E-state index contributed by atoms with van der Waals surface area (Å²) in [7, 11) is 1.66. The number of carbonyl (C=O) groups is 2. The fraction of sp³-hybridized carbons (Fsp3) is 0.435. The lowest BCUT2D eigenvalue weighted by Gasteiger charge is -2.31. The number of pyridine rings is 1. The van der Waals surface area contributed by atoms with Crippen molar-refractivity contribution in [2.75, 3.05) is 7.05 Å². The highest BCUT2D eigenvalue weighted by molar-refractivity contribution is 6.01. The smallest absolute Gasteiger partial charge is 0.255 e.